The highest BCUT2D eigenvalue weighted by Gasteiger charge is 2.26. The van der Waals surface area contributed by atoms with E-state index >= 15 is 0 Å². The van der Waals surface area contributed by atoms with Gasteiger partial charge in [0.15, 0.2) is 11.6 Å². The van der Waals surface area contributed by atoms with E-state index in [1.807, 2.05) is 12.1 Å². The fourth-order valence-electron chi connectivity index (χ4n) is 3.38. The molecule has 2 saturated heterocycles. The lowest BCUT2D eigenvalue weighted by Crippen LogP contribution is -2.49. The van der Waals surface area contributed by atoms with Crippen molar-refractivity contribution < 1.29 is 13.5 Å². The van der Waals surface area contributed by atoms with E-state index in [-0.39, 0.29) is 12.4 Å². The van der Waals surface area contributed by atoms with Crippen molar-refractivity contribution in [1.82, 2.24) is 19.4 Å². The first-order valence-electron chi connectivity index (χ1n) is 9.18. The molecule has 1 aromatic rings. The molecule has 2 fully saturated rings. The maximum Gasteiger partial charge on any atom is 0.213 e. The Balaban J connectivity index is 1.54. The van der Waals surface area contributed by atoms with Crippen LogP contribution in [-0.2, 0) is 10.0 Å². The molecule has 0 radical (unpaired) electrons. The van der Waals surface area contributed by atoms with Gasteiger partial charge in [-0.15, -0.1) is 10.2 Å². The predicted molar refractivity (Wildman–Crippen MR) is 101 cm³/mol. The summed E-state index contributed by atoms with van der Waals surface area (Å²) >= 11 is 0. The Labute approximate surface area is 155 Å². The first-order chi connectivity index (χ1) is 12.5. The van der Waals surface area contributed by atoms with Crippen LogP contribution in [0.25, 0.3) is 0 Å². The minimum Gasteiger partial charge on any atom is -0.395 e. The zero-order valence-electron chi connectivity index (χ0n) is 15.3. The van der Waals surface area contributed by atoms with Crippen LogP contribution in [0.4, 0.5) is 11.6 Å². The normalized spacial score (nSPS) is 20.5. The second-order valence-electron chi connectivity index (χ2n) is 6.59. The summed E-state index contributed by atoms with van der Waals surface area (Å²) in [7, 11) is -3.11. The van der Waals surface area contributed by atoms with Crippen LogP contribution in [0.3, 0.4) is 0 Å². The molecule has 0 bridgehead atoms. The fraction of sp³-hybridized carbons (Fsp3) is 0.750. The average molecular weight is 385 g/mol. The van der Waals surface area contributed by atoms with E-state index in [2.05, 4.69) is 24.9 Å². The third-order valence-electron chi connectivity index (χ3n) is 5.07. The van der Waals surface area contributed by atoms with E-state index in [9.17, 15) is 8.42 Å². The predicted octanol–water partition coefficient (Wildman–Crippen LogP) is -0.937. The van der Waals surface area contributed by atoms with E-state index in [1.54, 1.807) is 11.2 Å². The molecule has 2 aliphatic rings. The fourth-order valence-corrected chi connectivity index (χ4v) is 4.46. The molecule has 3 rings (SSSR count). The van der Waals surface area contributed by atoms with Crippen molar-refractivity contribution in [2.24, 2.45) is 0 Å². The molecule has 0 atom stereocenters. The molecule has 26 heavy (non-hydrogen) atoms. The summed E-state index contributed by atoms with van der Waals surface area (Å²) in [5, 5.41) is 17.7. The number of rotatable bonds is 6. The Bertz CT molecular complexity index is 668. The molecule has 0 aliphatic carbocycles. The van der Waals surface area contributed by atoms with Gasteiger partial charge >= 0.3 is 0 Å². The van der Waals surface area contributed by atoms with Gasteiger partial charge in [-0.3, -0.25) is 4.90 Å². The standard InChI is InChI=1S/C16H28N6O3S/c1-2-26(24,25)22-11-9-21(10-12-22)16-4-3-15(17-18-16)20-7-5-19(6-8-20)13-14-23/h3-4,23H,2,5-14H2,1H3. The van der Waals surface area contributed by atoms with Crippen molar-refractivity contribution >= 4 is 21.7 Å². The molecule has 3 heterocycles. The Kier molecular flexibility index (Phi) is 6.28. The van der Waals surface area contributed by atoms with Gasteiger partial charge in [0.25, 0.3) is 0 Å². The second-order valence-corrected chi connectivity index (χ2v) is 8.85. The SMILES string of the molecule is CCS(=O)(=O)N1CCN(c2ccc(N3CCN(CCO)CC3)nn2)CC1. The van der Waals surface area contributed by atoms with E-state index in [0.29, 0.717) is 26.2 Å². The van der Waals surface area contributed by atoms with Crippen molar-refractivity contribution in [3.8, 4) is 0 Å². The first-order valence-corrected chi connectivity index (χ1v) is 10.8. The highest BCUT2D eigenvalue weighted by atomic mass is 32.2. The quantitative estimate of drug-likeness (QED) is 0.672. The van der Waals surface area contributed by atoms with Crippen LogP contribution in [0, 0.1) is 0 Å². The van der Waals surface area contributed by atoms with Gasteiger partial charge in [0.2, 0.25) is 10.0 Å². The summed E-state index contributed by atoms with van der Waals surface area (Å²) in [6, 6.07) is 3.95. The lowest BCUT2D eigenvalue weighted by atomic mass is 10.3. The molecule has 0 amide bonds. The average Bonchev–Trinajstić information content (AvgIpc) is 2.69. The number of sulfonamides is 1. The van der Waals surface area contributed by atoms with Gasteiger partial charge in [-0.05, 0) is 19.1 Å². The summed E-state index contributed by atoms with van der Waals surface area (Å²) in [6.07, 6.45) is 0. The summed E-state index contributed by atoms with van der Waals surface area (Å²) in [5.41, 5.74) is 0. The molecule has 1 N–H and O–H groups in total. The molecular formula is C16H28N6O3S. The first kappa shape index (κ1) is 19.3. The lowest BCUT2D eigenvalue weighted by molar-refractivity contribution is 0.188. The Morgan fingerprint density at radius 2 is 1.42 bits per heavy atom. The summed E-state index contributed by atoms with van der Waals surface area (Å²) < 4.78 is 25.4. The van der Waals surface area contributed by atoms with E-state index in [4.69, 9.17) is 5.11 Å². The van der Waals surface area contributed by atoms with Crippen molar-refractivity contribution in [2.75, 3.05) is 81.1 Å². The number of anilines is 2. The molecule has 10 heteroatoms. The number of hydrogen-bond acceptors (Lipinski definition) is 8. The Hall–Kier alpha value is -1.49. The maximum atomic E-state index is 11.9. The summed E-state index contributed by atoms with van der Waals surface area (Å²) in [5.74, 6) is 1.80. The highest BCUT2D eigenvalue weighted by Crippen LogP contribution is 2.18. The minimum atomic E-state index is -3.11. The number of piperazine rings is 2. The molecule has 0 spiro atoms. The zero-order chi connectivity index (χ0) is 18.6. The monoisotopic (exact) mass is 384 g/mol. The van der Waals surface area contributed by atoms with Gasteiger partial charge in [0.1, 0.15) is 0 Å². The molecule has 0 aromatic carbocycles. The Morgan fingerprint density at radius 1 is 0.923 bits per heavy atom. The van der Waals surface area contributed by atoms with Gasteiger partial charge in [-0.1, -0.05) is 0 Å². The van der Waals surface area contributed by atoms with Crippen LogP contribution in [0.2, 0.25) is 0 Å². The van der Waals surface area contributed by atoms with Crippen molar-refractivity contribution in [3.63, 3.8) is 0 Å². The van der Waals surface area contributed by atoms with Gasteiger partial charge in [-0.2, -0.15) is 4.31 Å². The van der Waals surface area contributed by atoms with Crippen molar-refractivity contribution in [3.05, 3.63) is 12.1 Å². The molecule has 0 unspecified atom stereocenters. The van der Waals surface area contributed by atoms with Crippen LogP contribution in [0.1, 0.15) is 6.92 Å². The van der Waals surface area contributed by atoms with Crippen LogP contribution in [0.15, 0.2) is 12.1 Å². The van der Waals surface area contributed by atoms with E-state index in [0.717, 1.165) is 44.4 Å². The third-order valence-corrected chi connectivity index (χ3v) is 6.95. The number of aliphatic hydroxyl groups excluding tert-OH is 1. The van der Waals surface area contributed by atoms with Gasteiger partial charge in [0.05, 0.1) is 12.4 Å². The van der Waals surface area contributed by atoms with Crippen LogP contribution < -0.4 is 9.80 Å². The number of β-amino-alcohol motifs (C(OH)–C–C–N with tert-alkyl or cyclic N) is 1. The van der Waals surface area contributed by atoms with E-state index in [1.165, 1.54) is 0 Å². The largest absolute Gasteiger partial charge is 0.395 e. The third kappa shape index (κ3) is 4.43. The number of aromatic nitrogens is 2. The van der Waals surface area contributed by atoms with Crippen LogP contribution >= 0.6 is 0 Å². The van der Waals surface area contributed by atoms with Gasteiger partial charge in [-0.25, -0.2) is 8.42 Å². The number of hydrogen-bond donors (Lipinski definition) is 1. The molecule has 0 saturated carbocycles. The highest BCUT2D eigenvalue weighted by molar-refractivity contribution is 7.89. The van der Waals surface area contributed by atoms with E-state index < -0.39 is 10.0 Å². The van der Waals surface area contributed by atoms with Gasteiger partial charge < -0.3 is 14.9 Å². The van der Waals surface area contributed by atoms with Crippen molar-refractivity contribution in [2.45, 2.75) is 6.92 Å². The number of nitrogens with zero attached hydrogens (tertiary/aromatic N) is 6. The molecule has 1 aromatic heterocycles. The van der Waals surface area contributed by atoms with Crippen LogP contribution in [-0.4, -0.2) is 104 Å². The smallest absolute Gasteiger partial charge is 0.213 e. The Morgan fingerprint density at radius 3 is 1.85 bits per heavy atom. The van der Waals surface area contributed by atoms with Crippen molar-refractivity contribution in [1.29, 1.82) is 0 Å². The topological polar surface area (TPSA) is 93.1 Å². The minimum absolute atomic E-state index is 0.146. The summed E-state index contributed by atoms with van der Waals surface area (Å²) in [4.78, 5) is 6.52. The zero-order valence-corrected chi connectivity index (χ0v) is 16.1. The molecule has 2 aliphatic heterocycles. The lowest BCUT2D eigenvalue weighted by Gasteiger charge is -2.35. The second kappa shape index (κ2) is 8.47. The molecule has 146 valence electrons. The maximum absolute atomic E-state index is 11.9. The molecular weight excluding hydrogens is 356 g/mol. The van der Waals surface area contributed by atoms with Crippen LogP contribution in [0.5, 0.6) is 0 Å². The number of aliphatic hydroxyl groups is 1. The molecule has 9 nitrogen and oxygen atoms in total. The summed E-state index contributed by atoms with van der Waals surface area (Å²) in [6.45, 7) is 8.42. The van der Waals surface area contributed by atoms with Gasteiger partial charge in [0, 0.05) is 58.9 Å².